The molecule has 0 radical (unpaired) electrons. The Bertz CT molecular complexity index is 1030. The number of nitrogens with zero attached hydrogens (tertiary/aromatic N) is 2. The molecule has 1 heterocycles. The van der Waals surface area contributed by atoms with Crippen LogP contribution in [0.4, 0.5) is 4.39 Å². The number of carbonyl (C=O) groups is 2. The van der Waals surface area contributed by atoms with Crippen LogP contribution < -0.4 is 4.66 Å². The summed E-state index contributed by atoms with van der Waals surface area (Å²) in [7, 11) is 0. The highest BCUT2D eigenvalue weighted by molar-refractivity contribution is 6.26. The second kappa shape index (κ2) is 4.57. The third kappa shape index (κ3) is 1.80. The number of aromatic amines is 1. The van der Waals surface area contributed by atoms with E-state index in [1.54, 1.807) is 12.1 Å². The topological polar surface area (TPSA) is 77.8 Å². The number of aromatic nitrogens is 3. The molecule has 1 aliphatic rings. The third-order valence-electron chi connectivity index (χ3n) is 3.77. The van der Waals surface area contributed by atoms with Crippen molar-refractivity contribution >= 4 is 11.6 Å². The monoisotopic (exact) mass is 310 g/mol. The molecule has 0 spiro atoms. The van der Waals surface area contributed by atoms with E-state index in [-0.39, 0.29) is 28.2 Å². The average Bonchev–Trinajstić information content (AvgIpc) is 2.91. The molecule has 0 bridgehead atoms. The van der Waals surface area contributed by atoms with Crippen molar-refractivity contribution in [2.24, 2.45) is 0 Å². The van der Waals surface area contributed by atoms with Crippen molar-refractivity contribution < 1.29 is 18.6 Å². The zero-order chi connectivity index (χ0) is 16.1. The van der Waals surface area contributed by atoms with Crippen LogP contribution in [0.25, 0.3) is 5.69 Å². The number of hydrogen-bond acceptors (Lipinski definition) is 3. The quantitative estimate of drug-likeness (QED) is 0.543. The first-order chi connectivity index (χ1) is 11.1. The Balaban J connectivity index is 2.02. The van der Waals surface area contributed by atoms with Crippen LogP contribution in [0.1, 0.15) is 32.1 Å². The molecule has 1 aromatic heterocycles. The van der Waals surface area contributed by atoms with Crippen LogP contribution in [0.3, 0.4) is 0 Å². The lowest BCUT2D eigenvalue weighted by Gasteiger charge is -2.11. The van der Waals surface area contributed by atoms with Crippen LogP contribution in [0.15, 0.2) is 48.5 Å². The number of halogens is 1. The Morgan fingerprint density at radius 2 is 1.52 bits per heavy atom. The normalized spacial score (nSPS) is 12.9. The van der Waals surface area contributed by atoms with Crippen molar-refractivity contribution in [2.75, 3.05) is 0 Å². The van der Waals surface area contributed by atoms with E-state index >= 15 is 0 Å². The fourth-order valence-corrected chi connectivity index (χ4v) is 2.72. The summed E-state index contributed by atoms with van der Waals surface area (Å²) >= 11 is 0. The summed E-state index contributed by atoms with van der Waals surface area (Å²) in [4.78, 5) is 37.4. The highest BCUT2D eigenvalue weighted by Gasteiger charge is 2.39. The molecule has 4 rings (SSSR count). The third-order valence-corrected chi connectivity index (χ3v) is 3.77. The minimum Gasteiger partial charge on any atom is -0.287 e. The number of carbonyl (C=O) groups excluding carboxylic acids is 2. The van der Waals surface area contributed by atoms with Crippen LogP contribution in [-0.4, -0.2) is 21.3 Å². The molecule has 0 amide bonds. The minimum absolute atomic E-state index is 0.0599. The number of ketones is 2. The molecule has 2 aromatic carbocycles. The van der Waals surface area contributed by atoms with E-state index in [0.29, 0.717) is 4.66 Å². The number of hydrogen-bond donors (Lipinski definition) is 1. The fraction of sp³-hybridized carbons (Fsp3) is 0. The Hall–Kier alpha value is -3.35. The fourth-order valence-electron chi connectivity index (χ4n) is 2.72. The van der Waals surface area contributed by atoms with Gasteiger partial charge in [0.2, 0.25) is 11.6 Å². The summed E-state index contributed by atoms with van der Waals surface area (Å²) < 4.78 is 14.4. The van der Waals surface area contributed by atoms with Crippen molar-refractivity contribution in [1.29, 1.82) is 0 Å². The Kier molecular flexibility index (Phi) is 2.65. The molecule has 0 saturated carbocycles. The van der Waals surface area contributed by atoms with E-state index in [4.69, 9.17) is 0 Å². The van der Waals surface area contributed by atoms with Gasteiger partial charge in [0.05, 0.1) is 4.91 Å². The summed E-state index contributed by atoms with van der Waals surface area (Å²) in [5.74, 6) is -1.34. The predicted octanol–water partition coefficient (Wildman–Crippen LogP) is 1.63. The van der Waals surface area contributed by atoms with E-state index in [0.717, 1.165) is 4.68 Å². The van der Waals surface area contributed by atoms with Crippen LogP contribution in [0.5, 0.6) is 0 Å². The highest BCUT2D eigenvalue weighted by atomic mass is 19.1. The smallest absolute Gasteiger partial charge is 0.263 e. The molecule has 3 aromatic rings. The van der Waals surface area contributed by atoms with Crippen LogP contribution in [0.2, 0.25) is 0 Å². The molecule has 23 heavy (non-hydrogen) atoms. The van der Waals surface area contributed by atoms with Crippen molar-refractivity contribution in [3.63, 3.8) is 0 Å². The van der Waals surface area contributed by atoms with Crippen LogP contribution >= 0.6 is 0 Å². The molecule has 0 fully saturated rings. The van der Waals surface area contributed by atoms with Gasteiger partial charge in [0, 0.05) is 11.1 Å². The summed E-state index contributed by atoms with van der Waals surface area (Å²) in [6.45, 7) is 0. The lowest BCUT2D eigenvalue weighted by molar-refractivity contribution is -0.641. The van der Waals surface area contributed by atoms with Gasteiger partial charge in [0.25, 0.3) is 4.66 Å². The van der Waals surface area contributed by atoms with E-state index < -0.39 is 17.4 Å². The van der Waals surface area contributed by atoms with Crippen LogP contribution in [-0.2, 0) is 0 Å². The molecule has 1 N–H and O–H groups in total. The van der Waals surface area contributed by atoms with E-state index in [1.165, 1.54) is 36.4 Å². The first-order valence-electron chi connectivity index (χ1n) is 6.80. The number of H-pyrrole nitrogens is 1. The second-order valence-corrected chi connectivity index (χ2v) is 5.10. The molecule has 0 unspecified atom stereocenters. The average molecular weight is 310 g/mol. The maximum absolute atomic E-state index is 13.1. The Morgan fingerprint density at radius 1 is 0.913 bits per heavy atom. The van der Waals surface area contributed by atoms with Crippen molar-refractivity contribution in [1.82, 2.24) is 9.78 Å². The molecule has 6 nitrogen and oxygen atoms in total. The SMILES string of the molecule is O=C1c2ccccc2C(=O)c2c1[nH][n+](=O)n2-c1ccc(F)cc1. The largest absolute Gasteiger partial charge is 0.287 e. The highest BCUT2D eigenvalue weighted by Crippen LogP contribution is 2.26. The van der Waals surface area contributed by atoms with E-state index in [9.17, 15) is 18.9 Å². The number of nitrogens with one attached hydrogen (secondary N) is 1. The van der Waals surface area contributed by atoms with Crippen molar-refractivity contribution in [3.05, 3.63) is 81.8 Å². The molecule has 0 atom stereocenters. The van der Waals surface area contributed by atoms with E-state index in [1.807, 2.05) is 0 Å². The first kappa shape index (κ1) is 13.3. The van der Waals surface area contributed by atoms with Gasteiger partial charge in [0.1, 0.15) is 11.5 Å². The summed E-state index contributed by atoms with van der Waals surface area (Å²) in [6, 6.07) is 11.4. The molecule has 0 saturated heterocycles. The predicted molar refractivity (Wildman–Crippen MR) is 76.8 cm³/mol. The summed E-state index contributed by atoms with van der Waals surface area (Å²) in [5.41, 5.74) is 0.626. The zero-order valence-electron chi connectivity index (χ0n) is 11.6. The van der Waals surface area contributed by atoms with Gasteiger partial charge >= 0.3 is 0 Å². The Morgan fingerprint density at radius 3 is 2.17 bits per heavy atom. The Labute approximate surface area is 128 Å². The molecular formula is C16H9FN3O3+. The van der Waals surface area contributed by atoms with Gasteiger partial charge in [-0.2, -0.15) is 0 Å². The minimum atomic E-state index is -0.469. The van der Waals surface area contributed by atoms with Gasteiger partial charge in [0.15, 0.2) is 11.4 Å². The van der Waals surface area contributed by atoms with Gasteiger partial charge in [-0.25, -0.2) is 4.39 Å². The number of rotatable bonds is 1. The van der Waals surface area contributed by atoms with Crippen LogP contribution in [0, 0.1) is 10.7 Å². The van der Waals surface area contributed by atoms with E-state index in [2.05, 4.69) is 5.10 Å². The standard InChI is InChI=1S/C16H8FN3O3/c17-9-5-7-10(8-6-9)19-14-13(18-20(19)23)15(21)11-3-1-2-4-12(11)16(14)22/h1-8H/p+1. The van der Waals surface area contributed by atoms with Gasteiger partial charge in [-0.05, 0) is 28.9 Å². The van der Waals surface area contributed by atoms with Crippen molar-refractivity contribution in [3.8, 4) is 5.69 Å². The maximum atomic E-state index is 13.1. The first-order valence-corrected chi connectivity index (χ1v) is 6.80. The van der Waals surface area contributed by atoms with Gasteiger partial charge in [-0.15, -0.1) is 0 Å². The van der Waals surface area contributed by atoms with Gasteiger partial charge < -0.3 is 0 Å². The number of fused-ring (bicyclic) bond motifs is 2. The second-order valence-electron chi connectivity index (χ2n) is 5.10. The molecule has 1 aliphatic carbocycles. The van der Waals surface area contributed by atoms with Gasteiger partial charge in [-0.3, -0.25) is 9.59 Å². The maximum Gasteiger partial charge on any atom is 0.263 e. The summed E-state index contributed by atoms with van der Waals surface area (Å²) in [5, 5.41) is 2.36. The summed E-state index contributed by atoms with van der Waals surface area (Å²) in [6.07, 6.45) is 0. The molecule has 7 heteroatoms. The lowest BCUT2D eigenvalue weighted by Crippen LogP contribution is -2.30. The molecular weight excluding hydrogens is 301 g/mol. The lowest BCUT2D eigenvalue weighted by atomic mass is 9.90. The molecule has 0 aliphatic heterocycles. The zero-order valence-corrected chi connectivity index (χ0v) is 11.6. The van der Waals surface area contributed by atoms with Crippen molar-refractivity contribution in [2.45, 2.75) is 0 Å². The molecule has 112 valence electrons. The number of benzene rings is 2. The van der Waals surface area contributed by atoms with Gasteiger partial charge in [-0.1, -0.05) is 29.4 Å².